The van der Waals surface area contributed by atoms with Gasteiger partial charge in [-0.2, -0.15) is 6.92 Å². The van der Waals surface area contributed by atoms with Gasteiger partial charge in [-0.05, 0) is 0 Å². The Morgan fingerprint density at radius 2 is 1.70 bits per heavy atom. The molecule has 1 radical (unpaired) electrons. The van der Waals surface area contributed by atoms with Gasteiger partial charge < -0.3 is 12.2 Å². The Kier molecular flexibility index (Phi) is 20.7. The van der Waals surface area contributed by atoms with Gasteiger partial charge in [0, 0.05) is 38.6 Å². The van der Waals surface area contributed by atoms with Crippen molar-refractivity contribution in [3.63, 3.8) is 0 Å². The molecule has 0 aliphatic carbocycles. The topological polar surface area (TPSA) is 29.1 Å². The molecule has 0 atom stereocenters. The molecule has 1 amide bonds. The fraction of sp³-hybridized carbons (Fsp3) is 0.571. The Morgan fingerprint density at radius 1 is 1.40 bits per heavy atom. The van der Waals surface area contributed by atoms with E-state index in [0.29, 0.717) is 0 Å². The van der Waals surface area contributed by atoms with E-state index in [4.69, 9.17) is 0 Å². The quantitative estimate of drug-likeness (QED) is 0.662. The molecule has 0 aliphatic heterocycles. The van der Waals surface area contributed by atoms with Crippen LogP contribution in [0.4, 0.5) is 0 Å². The van der Waals surface area contributed by atoms with Crippen molar-refractivity contribution >= 4 is 5.91 Å². The van der Waals surface area contributed by atoms with Crippen LogP contribution in [0.3, 0.4) is 0 Å². The van der Waals surface area contributed by atoms with E-state index in [-0.39, 0.29) is 44.5 Å². The predicted octanol–water partition coefficient (Wildman–Crippen LogP) is 1.39. The molecule has 0 fully saturated rings. The zero-order valence-corrected chi connectivity index (χ0v) is 9.82. The maximum atomic E-state index is 10.3. The first-order chi connectivity index (χ1) is 4.18. The molecular weight excluding hydrogens is 203 g/mol. The Balaban J connectivity index is -0.000000149. The first-order valence-electron chi connectivity index (χ1n) is 2.96. The van der Waals surface area contributed by atoms with E-state index in [1.165, 1.54) is 0 Å². The molecule has 10 heavy (non-hydrogen) atoms. The van der Waals surface area contributed by atoms with Crippen molar-refractivity contribution in [2.45, 2.75) is 20.8 Å². The van der Waals surface area contributed by atoms with Crippen LogP contribution < -0.4 is 5.32 Å². The van der Waals surface area contributed by atoms with E-state index in [1.54, 1.807) is 6.92 Å². The van der Waals surface area contributed by atoms with Crippen LogP contribution in [0.1, 0.15) is 20.8 Å². The Labute approximate surface area is 89.0 Å². The molecular formula is C7H15NOY-2. The summed E-state index contributed by atoms with van der Waals surface area (Å²) in [5.74, 6) is 0.0394. The average Bonchev–Trinajstić information content (AvgIpc) is 1.91. The minimum atomic E-state index is -0.0139. The summed E-state index contributed by atoms with van der Waals surface area (Å²) in [4.78, 5) is 10.3. The van der Waals surface area contributed by atoms with Gasteiger partial charge in [0.25, 0.3) is 0 Å². The molecule has 0 heterocycles. The fourth-order valence-electron chi connectivity index (χ4n) is 0.204. The molecule has 1 N–H and O–H groups in total. The third-order valence-corrected chi connectivity index (χ3v) is 0.699. The SMILES string of the molecule is [CH2-]C.[CH2-]NC(=O)C(C)C.[Y]. The first-order valence-corrected chi connectivity index (χ1v) is 2.96. The Morgan fingerprint density at radius 3 is 1.70 bits per heavy atom. The van der Waals surface area contributed by atoms with Crippen molar-refractivity contribution < 1.29 is 37.5 Å². The molecule has 0 rings (SSSR count). The molecule has 0 saturated carbocycles. The normalized spacial score (nSPS) is 7.00. The second-order valence-electron chi connectivity index (χ2n) is 1.70. The number of amides is 1. The largest absolute Gasteiger partial charge is 0.508 e. The van der Waals surface area contributed by atoms with E-state index < -0.39 is 0 Å². The molecule has 0 aromatic rings. The summed E-state index contributed by atoms with van der Waals surface area (Å²) in [6.45, 7) is 8.64. The van der Waals surface area contributed by atoms with Crippen LogP contribution in [0, 0.1) is 19.9 Å². The van der Waals surface area contributed by atoms with Gasteiger partial charge in [-0.25, -0.2) is 0 Å². The monoisotopic (exact) mass is 218 g/mol. The second kappa shape index (κ2) is 12.3. The van der Waals surface area contributed by atoms with Crippen molar-refractivity contribution in [2.24, 2.45) is 5.92 Å². The van der Waals surface area contributed by atoms with Crippen molar-refractivity contribution in [1.82, 2.24) is 5.32 Å². The fourth-order valence-corrected chi connectivity index (χ4v) is 0.204. The third kappa shape index (κ3) is 11.4. The van der Waals surface area contributed by atoms with Gasteiger partial charge in [-0.1, -0.05) is 13.8 Å². The van der Waals surface area contributed by atoms with Crippen LogP contribution in [-0.2, 0) is 37.5 Å². The van der Waals surface area contributed by atoms with Gasteiger partial charge >= 0.3 is 0 Å². The predicted molar refractivity (Wildman–Crippen MR) is 39.4 cm³/mol. The number of nitrogens with one attached hydrogen (secondary N) is 1. The molecule has 0 bridgehead atoms. The molecule has 0 aromatic carbocycles. The molecule has 0 saturated heterocycles. The van der Waals surface area contributed by atoms with Crippen LogP contribution in [0.2, 0.25) is 0 Å². The summed E-state index contributed by atoms with van der Waals surface area (Å²) in [6.07, 6.45) is 0. The molecule has 0 aromatic heterocycles. The van der Waals surface area contributed by atoms with Crippen LogP contribution in [0.25, 0.3) is 0 Å². The summed E-state index contributed by atoms with van der Waals surface area (Å²) in [6, 6.07) is 0. The number of hydrogen-bond donors (Lipinski definition) is 1. The molecule has 0 aliphatic rings. The van der Waals surface area contributed by atoms with Gasteiger partial charge in [0.15, 0.2) is 5.91 Å². The Bertz CT molecular complexity index is 74.0. The van der Waals surface area contributed by atoms with Crippen LogP contribution in [0.5, 0.6) is 0 Å². The smallest absolute Gasteiger partial charge is 0.193 e. The van der Waals surface area contributed by atoms with E-state index in [2.05, 4.69) is 19.3 Å². The second-order valence-corrected chi connectivity index (χ2v) is 1.70. The van der Waals surface area contributed by atoms with Gasteiger partial charge in [0.05, 0.1) is 0 Å². The maximum absolute atomic E-state index is 10.3. The van der Waals surface area contributed by atoms with Crippen molar-refractivity contribution in [3.05, 3.63) is 14.0 Å². The van der Waals surface area contributed by atoms with Crippen molar-refractivity contribution in [1.29, 1.82) is 0 Å². The summed E-state index contributed by atoms with van der Waals surface area (Å²) in [5.41, 5.74) is 0. The summed E-state index contributed by atoms with van der Waals surface area (Å²) in [5, 5.41) is 2.28. The summed E-state index contributed by atoms with van der Waals surface area (Å²) >= 11 is 0. The standard InChI is InChI=1S/C5H10NO.C2H5.Y/c1-4(2)5(7)6-3;1-2;/h4H,3H2,1-2H3,(H,6,7);1H2,2H3;/q2*-1;. The molecule has 0 spiro atoms. The zero-order valence-electron chi connectivity index (χ0n) is 6.98. The van der Waals surface area contributed by atoms with Gasteiger partial charge in [-0.15, -0.1) is 0 Å². The van der Waals surface area contributed by atoms with E-state index in [0.717, 1.165) is 0 Å². The van der Waals surface area contributed by atoms with Crippen LogP contribution in [-0.4, -0.2) is 5.91 Å². The van der Waals surface area contributed by atoms with Gasteiger partial charge in [0.1, 0.15) is 0 Å². The van der Waals surface area contributed by atoms with E-state index in [1.807, 2.05) is 13.8 Å². The molecule has 59 valence electrons. The molecule has 2 nitrogen and oxygen atoms in total. The maximum Gasteiger partial charge on any atom is 0.193 e. The van der Waals surface area contributed by atoms with Gasteiger partial charge in [-0.3, -0.25) is 11.8 Å². The third-order valence-electron chi connectivity index (χ3n) is 0.699. The van der Waals surface area contributed by atoms with Crippen LogP contribution >= 0.6 is 0 Å². The number of carbonyl (C=O) groups excluding carboxylic acids is 1. The van der Waals surface area contributed by atoms with Crippen molar-refractivity contribution in [3.8, 4) is 0 Å². The summed E-state index contributed by atoms with van der Waals surface area (Å²) in [7, 11) is 3.21. The van der Waals surface area contributed by atoms with Gasteiger partial charge in [0.2, 0.25) is 0 Å². The summed E-state index contributed by atoms with van der Waals surface area (Å²) < 4.78 is 0. The van der Waals surface area contributed by atoms with Crippen LogP contribution in [0.15, 0.2) is 0 Å². The molecule has 3 heteroatoms. The van der Waals surface area contributed by atoms with E-state index in [9.17, 15) is 4.79 Å². The average molecular weight is 218 g/mol. The number of hydrogen-bond acceptors (Lipinski definition) is 1. The zero-order chi connectivity index (χ0) is 7.86. The Hall–Kier alpha value is 0.574. The number of carbonyl (C=O) groups is 1. The van der Waals surface area contributed by atoms with E-state index >= 15 is 0 Å². The molecule has 0 unspecified atom stereocenters. The first kappa shape index (κ1) is 16.9. The van der Waals surface area contributed by atoms with Crippen molar-refractivity contribution in [2.75, 3.05) is 0 Å². The number of rotatable bonds is 1. The minimum absolute atomic E-state index is 0. The minimum Gasteiger partial charge on any atom is -0.508 e.